The fraction of sp³-hybridized carbons (Fsp3) is 0.286. The fourth-order valence-corrected chi connectivity index (χ4v) is 7.41. The van der Waals surface area contributed by atoms with E-state index in [1.54, 1.807) is 23.9 Å². The van der Waals surface area contributed by atoms with Gasteiger partial charge in [-0.25, -0.2) is 8.78 Å². The highest BCUT2D eigenvalue weighted by Gasteiger charge is 2.50. The minimum absolute atomic E-state index is 0.244. The first-order chi connectivity index (χ1) is 14.9. The Balaban J connectivity index is 1.60. The van der Waals surface area contributed by atoms with Gasteiger partial charge in [0.05, 0.1) is 13.2 Å². The number of carbonyl (C=O) groups excluding carboxylic acids is 1. The van der Waals surface area contributed by atoms with Crippen LogP contribution < -0.4 is 5.32 Å². The summed E-state index contributed by atoms with van der Waals surface area (Å²) < 4.78 is 51.0. The number of hydrogen-bond acceptors (Lipinski definition) is 5. The second-order valence-corrected chi connectivity index (χ2v) is 10.8. The van der Waals surface area contributed by atoms with Crippen LogP contribution in [0.5, 0.6) is 0 Å². The van der Waals surface area contributed by atoms with E-state index in [0.717, 1.165) is 22.6 Å². The minimum Gasteiger partial charge on any atom is -0.332 e. The quantitative estimate of drug-likeness (QED) is 0.559. The molecule has 0 aromatic heterocycles. The van der Waals surface area contributed by atoms with E-state index in [-0.39, 0.29) is 13.2 Å². The topological polar surface area (TPSA) is 64.6 Å². The van der Waals surface area contributed by atoms with Gasteiger partial charge in [-0.2, -0.15) is 0 Å². The third kappa shape index (κ3) is 4.89. The van der Waals surface area contributed by atoms with Gasteiger partial charge in [0.2, 0.25) is 5.91 Å². The summed E-state index contributed by atoms with van der Waals surface area (Å²) in [6, 6.07) is 8.80. The van der Waals surface area contributed by atoms with Gasteiger partial charge in [-0.1, -0.05) is 17.7 Å². The Morgan fingerprint density at radius 1 is 1.19 bits per heavy atom. The molecule has 0 saturated carbocycles. The van der Waals surface area contributed by atoms with Gasteiger partial charge in [0.15, 0.2) is 11.6 Å². The van der Waals surface area contributed by atoms with Crippen molar-refractivity contribution in [3.8, 4) is 0 Å². The molecule has 4 rings (SSSR count). The van der Waals surface area contributed by atoms with Crippen LogP contribution in [0.1, 0.15) is 23.5 Å². The number of rotatable bonds is 5. The van der Waals surface area contributed by atoms with Crippen LogP contribution in [0.15, 0.2) is 47.5 Å². The molecule has 2 aliphatic rings. The van der Waals surface area contributed by atoms with E-state index in [1.165, 1.54) is 18.3 Å². The summed E-state index contributed by atoms with van der Waals surface area (Å²) in [5.74, 6) is -2.38. The zero-order valence-corrected chi connectivity index (χ0v) is 18.7. The van der Waals surface area contributed by atoms with Crippen LogP contribution in [0.4, 0.5) is 8.78 Å². The maximum Gasteiger partial charge on any atom is 0.343 e. The summed E-state index contributed by atoms with van der Waals surface area (Å²) in [5.41, 5.74) is 0.117. The average molecular weight is 486 g/mol. The summed E-state index contributed by atoms with van der Waals surface area (Å²) >= 11 is 7.71. The maximum atomic E-state index is 13.5. The highest BCUT2D eigenvalue weighted by molar-refractivity contribution is 7.99. The van der Waals surface area contributed by atoms with E-state index in [1.807, 2.05) is 6.07 Å². The molecule has 0 spiro atoms. The van der Waals surface area contributed by atoms with Crippen molar-refractivity contribution in [3.05, 3.63) is 70.4 Å². The minimum atomic E-state index is -3.74. The predicted molar refractivity (Wildman–Crippen MR) is 116 cm³/mol. The molecule has 5 nitrogen and oxygen atoms in total. The largest absolute Gasteiger partial charge is 0.343 e. The molecule has 10 heteroatoms. The van der Waals surface area contributed by atoms with Gasteiger partial charge in [-0.15, -0.1) is 11.8 Å². The van der Waals surface area contributed by atoms with Crippen LogP contribution in [0.25, 0.3) is 6.08 Å². The van der Waals surface area contributed by atoms with Gasteiger partial charge in [0.1, 0.15) is 5.66 Å². The average Bonchev–Trinajstić information content (AvgIpc) is 3.14. The number of nitrogens with one attached hydrogen (secondary N) is 1. The Hall–Kier alpha value is -1.70. The third-order valence-corrected chi connectivity index (χ3v) is 8.86. The van der Waals surface area contributed by atoms with E-state index < -0.39 is 36.7 Å². The first kappa shape index (κ1) is 22.5. The molecule has 2 aliphatic heterocycles. The number of thioether (sulfide) groups is 1. The van der Waals surface area contributed by atoms with E-state index in [9.17, 15) is 18.1 Å². The second kappa shape index (κ2) is 9.43. The summed E-state index contributed by atoms with van der Waals surface area (Å²) in [5, 5.41) is 3.12. The second-order valence-electron chi connectivity index (χ2n) is 7.12. The smallest absolute Gasteiger partial charge is 0.332 e. The van der Waals surface area contributed by atoms with Gasteiger partial charge in [-0.05, 0) is 54.0 Å². The monoisotopic (exact) mass is 485 g/mol. The molecule has 2 heterocycles. The number of hydrogen-bond donors (Lipinski definition) is 1. The number of carbonyl (C=O) groups is 1. The molecular weight excluding hydrogens is 467 g/mol. The third-order valence-electron chi connectivity index (χ3n) is 5.06. The van der Waals surface area contributed by atoms with E-state index >= 15 is 0 Å². The Morgan fingerprint density at radius 2 is 1.97 bits per heavy atom. The molecule has 2 aromatic rings. The lowest BCUT2D eigenvalue weighted by Gasteiger charge is -2.32. The SMILES string of the molecule is O=C(N/C=C/c1ccc(F)c(F)c1)C(C1CSc2ccc(Cl)cc21)P1(=O)OCCCO1. The van der Waals surface area contributed by atoms with Crippen molar-refractivity contribution in [3.63, 3.8) is 0 Å². The molecule has 0 aliphatic carbocycles. The molecule has 31 heavy (non-hydrogen) atoms. The van der Waals surface area contributed by atoms with Gasteiger partial charge in [0, 0.05) is 27.8 Å². The Morgan fingerprint density at radius 3 is 2.71 bits per heavy atom. The standard InChI is InChI=1S/C21H19ClF2NO4PS/c22-14-3-5-19-15(11-14)16(12-31-19)20(30(27)28-8-1-9-29-30)21(26)25-7-6-13-2-4-17(23)18(24)10-13/h2-7,10-11,16,20H,1,8-9,12H2,(H,25,26)/b7-6+. The zero-order valence-electron chi connectivity index (χ0n) is 16.2. The molecule has 2 atom stereocenters. The van der Waals surface area contributed by atoms with Crippen LogP contribution in [0, 0.1) is 11.6 Å². The van der Waals surface area contributed by atoms with E-state index in [2.05, 4.69) is 5.32 Å². The lowest BCUT2D eigenvalue weighted by molar-refractivity contribution is -0.120. The van der Waals surface area contributed by atoms with Crippen LogP contribution >= 0.6 is 31.0 Å². The van der Waals surface area contributed by atoms with Gasteiger partial charge in [0.25, 0.3) is 0 Å². The highest BCUT2D eigenvalue weighted by atomic mass is 35.5. The summed E-state index contributed by atoms with van der Waals surface area (Å²) in [7, 11) is -3.74. The molecule has 1 N–H and O–H groups in total. The predicted octanol–water partition coefficient (Wildman–Crippen LogP) is 5.59. The van der Waals surface area contributed by atoms with Crippen molar-refractivity contribution in [2.24, 2.45) is 0 Å². The molecule has 0 radical (unpaired) electrons. The number of benzene rings is 2. The van der Waals surface area contributed by atoms with Crippen molar-refractivity contribution < 1.29 is 27.2 Å². The first-order valence-corrected chi connectivity index (χ1v) is 12.6. The molecular formula is C21H19ClF2NO4PS. The maximum absolute atomic E-state index is 13.5. The molecule has 1 fully saturated rings. The lowest BCUT2D eigenvalue weighted by atomic mass is 9.97. The number of halogens is 3. The van der Waals surface area contributed by atoms with Crippen LogP contribution in [0.2, 0.25) is 5.02 Å². The molecule has 1 saturated heterocycles. The fourth-order valence-electron chi connectivity index (χ4n) is 3.58. The van der Waals surface area contributed by atoms with Crippen molar-refractivity contribution in [2.45, 2.75) is 22.9 Å². The number of fused-ring (bicyclic) bond motifs is 1. The zero-order chi connectivity index (χ0) is 22.0. The molecule has 2 aromatic carbocycles. The van der Waals surface area contributed by atoms with Crippen molar-refractivity contribution in [2.75, 3.05) is 19.0 Å². The Bertz CT molecular complexity index is 1070. The molecule has 164 valence electrons. The van der Waals surface area contributed by atoms with E-state index in [0.29, 0.717) is 22.8 Å². The van der Waals surface area contributed by atoms with E-state index in [4.69, 9.17) is 20.6 Å². The van der Waals surface area contributed by atoms with Crippen LogP contribution in [-0.2, 0) is 18.4 Å². The molecule has 2 unspecified atom stereocenters. The number of amides is 1. The lowest BCUT2D eigenvalue weighted by Crippen LogP contribution is -2.38. The molecule has 0 bridgehead atoms. The van der Waals surface area contributed by atoms with Gasteiger partial charge in [-0.3, -0.25) is 9.36 Å². The van der Waals surface area contributed by atoms with Crippen molar-refractivity contribution in [1.82, 2.24) is 5.32 Å². The first-order valence-electron chi connectivity index (χ1n) is 9.60. The van der Waals surface area contributed by atoms with Crippen molar-refractivity contribution >= 4 is 42.9 Å². The molecule has 1 amide bonds. The summed E-state index contributed by atoms with van der Waals surface area (Å²) in [4.78, 5) is 14.1. The highest BCUT2D eigenvalue weighted by Crippen LogP contribution is 2.61. The Kier molecular flexibility index (Phi) is 6.84. The summed E-state index contributed by atoms with van der Waals surface area (Å²) in [6.45, 7) is 0.488. The Labute approximate surface area is 187 Å². The van der Waals surface area contributed by atoms with Crippen molar-refractivity contribution in [1.29, 1.82) is 0 Å². The van der Waals surface area contributed by atoms with Gasteiger partial charge >= 0.3 is 7.60 Å². The summed E-state index contributed by atoms with van der Waals surface area (Å²) in [6.07, 6.45) is 3.32. The van der Waals surface area contributed by atoms with Crippen LogP contribution in [0.3, 0.4) is 0 Å². The van der Waals surface area contributed by atoms with Gasteiger partial charge < -0.3 is 14.4 Å². The van der Waals surface area contributed by atoms with Crippen LogP contribution in [-0.4, -0.2) is 30.5 Å². The normalized spacial score (nSPS) is 21.1.